The quantitative estimate of drug-likeness (QED) is 0.616. The van der Waals surface area contributed by atoms with Gasteiger partial charge >= 0.3 is 0 Å². The van der Waals surface area contributed by atoms with E-state index >= 15 is 0 Å². The molecule has 0 aliphatic carbocycles. The van der Waals surface area contributed by atoms with Crippen LogP contribution in [-0.2, 0) is 4.74 Å². The Bertz CT molecular complexity index is 622. The maximum Gasteiger partial charge on any atom is 0.261 e. The van der Waals surface area contributed by atoms with Crippen molar-refractivity contribution in [2.45, 2.75) is 24.9 Å². The fourth-order valence-electron chi connectivity index (χ4n) is 2.11. The molecule has 0 spiro atoms. The summed E-state index contributed by atoms with van der Waals surface area (Å²) in [6.45, 7) is -0.259. The first-order valence-corrected chi connectivity index (χ1v) is 5.56. The van der Waals surface area contributed by atoms with Crippen molar-refractivity contribution >= 4 is 11.0 Å². The molecule has 0 radical (unpaired) electrons. The summed E-state index contributed by atoms with van der Waals surface area (Å²) in [6.07, 6.45) is 1.10. The molecule has 18 heavy (non-hydrogen) atoms. The molecule has 1 unspecified atom stereocenters. The lowest BCUT2D eigenvalue weighted by atomic mass is 10.2. The van der Waals surface area contributed by atoms with Crippen molar-refractivity contribution in [1.82, 2.24) is 19.7 Å². The molecule has 3 atom stereocenters. The van der Waals surface area contributed by atoms with Gasteiger partial charge in [0.2, 0.25) is 0 Å². The Balaban J connectivity index is 2.01. The van der Waals surface area contributed by atoms with Crippen LogP contribution >= 0.6 is 0 Å². The summed E-state index contributed by atoms with van der Waals surface area (Å²) < 4.78 is 6.91. The van der Waals surface area contributed by atoms with Gasteiger partial charge in [-0.1, -0.05) is 0 Å². The lowest BCUT2D eigenvalue weighted by Crippen LogP contribution is -2.24. The largest absolute Gasteiger partial charge is 0.394 e. The van der Waals surface area contributed by atoms with Crippen LogP contribution in [0.5, 0.6) is 0 Å². The second-order valence-corrected chi connectivity index (χ2v) is 4.17. The third kappa shape index (κ3) is 1.62. The maximum absolute atomic E-state index is 11.5. The van der Waals surface area contributed by atoms with Gasteiger partial charge in [0.15, 0.2) is 11.9 Å². The molecule has 0 amide bonds. The summed E-state index contributed by atoms with van der Waals surface area (Å²) >= 11 is 0. The van der Waals surface area contributed by atoms with Crippen molar-refractivity contribution in [3.05, 3.63) is 22.9 Å². The Hall–Kier alpha value is -1.77. The number of hydrogen-bond donors (Lipinski definition) is 3. The van der Waals surface area contributed by atoms with Crippen molar-refractivity contribution in [3.63, 3.8) is 0 Å². The SMILES string of the molecule is O=c1[nH]cnc2c1cnn2C1C[C@H](O)[C@@H](CO)O1. The van der Waals surface area contributed by atoms with Crippen LogP contribution in [0.4, 0.5) is 0 Å². The molecule has 2 aromatic heterocycles. The lowest BCUT2D eigenvalue weighted by molar-refractivity contribution is -0.0470. The van der Waals surface area contributed by atoms with Crippen molar-refractivity contribution in [1.29, 1.82) is 0 Å². The molecule has 1 saturated heterocycles. The van der Waals surface area contributed by atoms with E-state index in [0.29, 0.717) is 17.5 Å². The van der Waals surface area contributed by atoms with E-state index in [1.54, 1.807) is 0 Å². The zero-order valence-corrected chi connectivity index (χ0v) is 9.35. The second-order valence-electron chi connectivity index (χ2n) is 4.17. The third-order valence-electron chi connectivity index (χ3n) is 3.05. The number of rotatable bonds is 2. The number of aromatic nitrogens is 4. The topological polar surface area (TPSA) is 113 Å². The standard InChI is InChI=1S/C10H12N4O4/c15-3-7-6(16)1-8(18-7)14-9-5(2-13-14)10(17)12-4-11-9/h2,4,6-8,15-16H,1,3H2,(H,11,12,17)/t6-,7+,8?/m0/s1. The molecular weight excluding hydrogens is 240 g/mol. The molecular formula is C10H12N4O4. The normalized spacial score (nSPS) is 28.0. The van der Waals surface area contributed by atoms with E-state index in [4.69, 9.17) is 9.84 Å². The Kier molecular flexibility index (Phi) is 2.62. The van der Waals surface area contributed by atoms with Gasteiger partial charge in [-0.05, 0) is 0 Å². The predicted molar refractivity (Wildman–Crippen MR) is 59.8 cm³/mol. The first kappa shape index (κ1) is 11.3. The molecule has 3 rings (SSSR count). The highest BCUT2D eigenvalue weighted by Gasteiger charge is 2.35. The van der Waals surface area contributed by atoms with Crippen LogP contribution in [0.2, 0.25) is 0 Å². The van der Waals surface area contributed by atoms with Gasteiger partial charge in [0.05, 0.1) is 25.2 Å². The fourth-order valence-corrected chi connectivity index (χ4v) is 2.11. The number of ether oxygens (including phenoxy) is 1. The highest BCUT2D eigenvalue weighted by molar-refractivity contribution is 5.72. The molecule has 0 bridgehead atoms. The van der Waals surface area contributed by atoms with Crippen LogP contribution in [0.25, 0.3) is 11.0 Å². The first-order chi connectivity index (χ1) is 8.70. The number of fused-ring (bicyclic) bond motifs is 1. The molecule has 3 N–H and O–H groups in total. The van der Waals surface area contributed by atoms with Gasteiger partial charge < -0.3 is 19.9 Å². The Morgan fingerprint density at radius 2 is 2.44 bits per heavy atom. The number of nitrogens with zero attached hydrogens (tertiary/aromatic N) is 3. The Morgan fingerprint density at radius 3 is 3.17 bits per heavy atom. The molecule has 96 valence electrons. The van der Waals surface area contributed by atoms with E-state index in [-0.39, 0.29) is 12.2 Å². The second kappa shape index (κ2) is 4.16. The highest BCUT2D eigenvalue weighted by atomic mass is 16.5. The molecule has 1 aliphatic rings. The van der Waals surface area contributed by atoms with Crippen LogP contribution in [0.1, 0.15) is 12.6 Å². The number of H-pyrrole nitrogens is 1. The number of aromatic amines is 1. The van der Waals surface area contributed by atoms with Gasteiger partial charge in [0.1, 0.15) is 11.5 Å². The van der Waals surface area contributed by atoms with E-state index in [9.17, 15) is 9.90 Å². The number of aliphatic hydroxyl groups excluding tert-OH is 2. The van der Waals surface area contributed by atoms with E-state index < -0.39 is 18.4 Å². The number of aliphatic hydroxyl groups is 2. The molecule has 1 aliphatic heterocycles. The molecule has 3 heterocycles. The summed E-state index contributed by atoms with van der Waals surface area (Å²) in [5, 5.41) is 23.1. The number of hydrogen-bond acceptors (Lipinski definition) is 6. The van der Waals surface area contributed by atoms with E-state index in [1.807, 2.05) is 0 Å². The average Bonchev–Trinajstić information content (AvgIpc) is 2.93. The van der Waals surface area contributed by atoms with Crippen molar-refractivity contribution < 1.29 is 14.9 Å². The van der Waals surface area contributed by atoms with E-state index in [2.05, 4.69) is 15.1 Å². The monoisotopic (exact) mass is 252 g/mol. The van der Waals surface area contributed by atoms with Gasteiger partial charge in [0.25, 0.3) is 5.56 Å². The Labute approximate surface area is 101 Å². The zero-order chi connectivity index (χ0) is 12.7. The molecule has 8 heteroatoms. The Morgan fingerprint density at radius 1 is 1.61 bits per heavy atom. The maximum atomic E-state index is 11.5. The van der Waals surface area contributed by atoms with Gasteiger partial charge in [-0.25, -0.2) is 9.67 Å². The van der Waals surface area contributed by atoms with E-state index in [1.165, 1.54) is 17.2 Å². The van der Waals surface area contributed by atoms with Crippen molar-refractivity contribution in [2.75, 3.05) is 6.61 Å². The highest BCUT2D eigenvalue weighted by Crippen LogP contribution is 2.29. The third-order valence-corrected chi connectivity index (χ3v) is 3.05. The van der Waals surface area contributed by atoms with Crippen LogP contribution in [-0.4, -0.2) is 48.8 Å². The molecule has 0 saturated carbocycles. The smallest absolute Gasteiger partial charge is 0.261 e. The van der Waals surface area contributed by atoms with Crippen LogP contribution in [0.15, 0.2) is 17.3 Å². The summed E-state index contributed by atoms with van der Waals surface area (Å²) in [7, 11) is 0. The fraction of sp³-hybridized carbons (Fsp3) is 0.500. The van der Waals surface area contributed by atoms with Crippen molar-refractivity contribution in [2.24, 2.45) is 0 Å². The minimum Gasteiger partial charge on any atom is -0.394 e. The summed E-state index contributed by atoms with van der Waals surface area (Å²) in [6, 6.07) is 0. The minimum atomic E-state index is -0.749. The van der Waals surface area contributed by atoms with Gasteiger partial charge in [0, 0.05) is 6.42 Å². The predicted octanol–water partition coefficient (Wildman–Crippen LogP) is -1.24. The van der Waals surface area contributed by atoms with E-state index in [0.717, 1.165) is 0 Å². The minimum absolute atomic E-state index is 0.259. The van der Waals surface area contributed by atoms with Gasteiger partial charge in [-0.15, -0.1) is 0 Å². The van der Waals surface area contributed by atoms with Gasteiger partial charge in [-0.2, -0.15) is 5.10 Å². The van der Waals surface area contributed by atoms with Crippen LogP contribution in [0, 0.1) is 0 Å². The van der Waals surface area contributed by atoms with Crippen LogP contribution < -0.4 is 5.56 Å². The zero-order valence-electron chi connectivity index (χ0n) is 9.35. The van der Waals surface area contributed by atoms with Gasteiger partial charge in [-0.3, -0.25) is 4.79 Å². The lowest BCUT2D eigenvalue weighted by Gasteiger charge is -2.12. The summed E-state index contributed by atoms with van der Waals surface area (Å²) in [5.41, 5.74) is 0.123. The van der Waals surface area contributed by atoms with Crippen molar-refractivity contribution in [3.8, 4) is 0 Å². The summed E-state index contributed by atoms with van der Waals surface area (Å²) in [5.74, 6) is 0. The molecule has 1 fully saturated rings. The molecule has 0 aromatic carbocycles. The number of nitrogens with one attached hydrogen (secondary N) is 1. The molecule has 2 aromatic rings. The summed E-state index contributed by atoms with van der Waals surface area (Å²) in [4.78, 5) is 18.0. The van der Waals surface area contributed by atoms with Crippen LogP contribution in [0.3, 0.4) is 0 Å². The molecule has 8 nitrogen and oxygen atoms in total. The average molecular weight is 252 g/mol. The first-order valence-electron chi connectivity index (χ1n) is 5.56.